The minimum Gasteiger partial charge on any atom is -0.393 e. The molecule has 18 heavy (non-hydrogen) atoms. The van der Waals surface area contributed by atoms with E-state index >= 15 is 0 Å². The summed E-state index contributed by atoms with van der Waals surface area (Å²) in [5.41, 5.74) is -1.96. The van der Waals surface area contributed by atoms with E-state index in [4.69, 9.17) is 16.7 Å². The van der Waals surface area contributed by atoms with Crippen molar-refractivity contribution >= 4 is 17.5 Å². The number of alkyl halides is 1. The van der Waals surface area contributed by atoms with Gasteiger partial charge in [-0.15, -0.1) is 0 Å². The number of carbonyl (C=O) groups is 1. The lowest BCUT2D eigenvalue weighted by atomic mass is 10.1. The van der Waals surface area contributed by atoms with Crippen LogP contribution < -0.4 is 0 Å². The SMILES string of the molecule is O=C(c1cc(Cl)ccc1F)N1CCC(F)(CO)C1. The van der Waals surface area contributed by atoms with Crippen molar-refractivity contribution < 1.29 is 18.7 Å². The van der Waals surface area contributed by atoms with Gasteiger partial charge in [0.2, 0.25) is 0 Å². The van der Waals surface area contributed by atoms with E-state index in [0.29, 0.717) is 0 Å². The Hall–Kier alpha value is -1.20. The Bertz CT molecular complexity index is 483. The second kappa shape index (κ2) is 4.82. The van der Waals surface area contributed by atoms with Crippen LogP contribution in [0.2, 0.25) is 5.02 Å². The number of aliphatic hydroxyl groups is 1. The van der Waals surface area contributed by atoms with Crippen LogP contribution in [-0.4, -0.2) is 41.3 Å². The molecule has 0 bridgehead atoms. The Balaban J connectivity index is 2.20. The van der Waals surface area contributed by atoms with Crippen LogP contribution in [0.4, 0.5) is 8.78 Å². The average molecular weight is 276 g/mol. The Kier molecular flexibility index (Phi) is 3.54. The molecule has 1 aliphatic heterocycles. The number of carbonyl (C=O) groups excluding carboxylic acids is 1. The summed E-state index contributed by atoms with van der Waals surface area (Å²) in [6.45, 7) is -0.717. The molecular formula is C12H12ClF2NO2. The zero-order valence-corrected chi connectivity index (χ0v) is 10.3. The highest BCUT2D eigenvalue weighted by Gasteiger charge is 2.40. The zero-order valence-electron chi connectivity index (χ0n) is 9.50. The molecule has 1 fully saturated rings. The summed E-state index contributed by atoms with van der Waals surface area (Å²) < 4.78 is 27.3. The van der Waals surface area contributed by atoms with Crippen molar-refractivity contribution in [2.45, 2.75) is 12.1 Å². The van der Waals surface area contributed by atoms with Crippen LogP contribution in [0.1, 0.15) is 16.8 Å². The highest BCUT2D eigenvalue weighted by molar-refractivity contribution is 6.31. The first-order valence-electron chi connectivity index (χ1n) is 5.49. The second-order valence-electron chi connectivity index (χ2n) is 4.41. The lowest BCUT2D eigenvalue weighted by molar-refractivity contribution is 0.0628. The fourth-order valence-electron chi connectivity index (χ4n) is 1.97. The molecule has 1 amide bonds. The van der Waals surface area contributed by atoms with E-state index in [1.54, 1.807) is 0 Å². The molecule has 1 saturated heterocycles. The summed E-state index contributed by atoms with van der Waals surface area (Å²) in [6.07, 6.45) is 0.0530. The molecule has 1 N–H and O–H groups in total. The van der Waals surface area contributed by atoms with Gasteiger partial charge in [-0.3, -0.25) is 4.79 Å². The molecule has 1 heterocycles. The number of hydrogen-bond donors (Lipinski definition) is 1. The third-order valence-electron chi connectivity index (χ3n) is 3.03. The number of nitrogens with zero attached hydrogens (tertiary/aromatic N) is 1. The van der Waals surface area contributed by atoms with E-state index < -0.39 is 24.0 Å². The first kappa shape index (κ1) is 13.2. The van der Waals surface area contributed by atoms with Crippen molar-refractivity contribution in [3.05, 3.63) is 34.6 Å². The molecule has 1 atom stereocenters. The highest BCUT2D eigenvalue weighted by atomic mass is 35.5. The number of likely N-dealkylation sites (tertiary alicyclic amines) is 1. The van der Waals surface area contributed by atoms with Gasteiger partial charge in [0.15, 0.2) is 5.67 Å². The fourth-order valence-corrected chi connectivity index (χ4v) is 2.14. The monoisotopic (exact) mass is 275 g/mol. The van der Waals surface area contributed by atoms with Crippen molar-refractivity contribution in [2.75, 3.05) is 19.7 Å². The van der Waals surface area contributed by atoms with Gasteiger partial charge >= 0.3 is 0 Å². The van der Waals surface area contributed by atoms with Gasteiger partial charge in [-0.25, -0.2) is 8.78 Å². The van der Waals surface area contributed by atoms with E-state index in [-0.39, 0.29) is 30.1 Å². The number of amides is 1. The molecule has 3 nitrogen and oxygen atoms in total. The Morgan fingerprint density at radius 1 is 1.56 bits per heavy atom. The summed E-state index contributed by atoms with van der Waals surface area (Å²) in [5, 5.41) is 9.13. The Labute approximate surface area is 108 Å². The first-order valence-corrected chi connectivity index (χ1v) is 5.87. The van der Waals surface area contributed by atoms with Crippen molar-refractivity contribution in [3.8, 4) is 0 Å². The van der Waals surface area contributed by atoms with E-state index in [1.165, 1.54) is 17.0 Å². The maximum absolute atomic E-state index is 13.8. The molecule has 1 unspecified atom stereocenters. The van der Waals surface area contributed by atoms with Gasteiger partial charge in [-0.2, -0.15) is 0 Å². The molecule has 0 spiro atoms. The van der Waals surface area contributed by atoms with Crippen LogP contribution in [0, 0.1) is 5.82 Å². The molecule has 0 aliphatic carbocycles. The summed E-state index contributed by atoms with van der Waals surface area (Å²) in [4.78, 5) is 13.2. The van der Waals surface area contributed by atoms with E-state index in [0.717, 1.165) is 6.07 Å². The molecule has 0 saturated carbocycles. The molecule has 0 radical (unpaired) electrons. The van der Waals surface area contributed by atoms with Gasteiger partial charge in [0.25, 0.3) is 5.91 Å². The van der Waals surface area contributed by atoms with Gasteiger partial charge in [0, 0.05) is 18.0 Å². The predicted molar refractivity (Wildman–Crippen MR) is 62.9 cm³/mol. The zero-order chi connectivity index (χ0) is 13.3. The van der Waals surface area contributed by atoms with Crippen LogP contribution in [-0.2, 0) is 0 Å². The van der Waals surface area contributed by atoms with Gasteiger partial charge in [-0.1, -0.05) is 11.6 Å². The first-order chi connectivity index (χ1) is 8.45. The topological polar surface area (TPSA) is 40.5 Å². The summed E-state index contributed by atoms with van der Waals surface area (Å²) in [5.74, 6) is -1.30. The van der Waals surface area contributed by atoms with Crippen molar-refractivity contribution in [1.82, 2.24) is 4.90 Å². The van der Waals surface area contributed by atoms with Gasteiger partial charge in [0.1, 0.15) is 5.82 Å². The Morgan fingerprint density at radius 2 is 2.28 bits per heavy atom. The summed E-state index contributed by atoms with van der Waals surface area (Å²) >= 11 is 5.70. The quantitative estimate of drug-likeness (QED) is 0.897. The third-order valence-corrected chi connectivity index (χ3v) is 3.27. The highest BCUT2D eigenvalue weighted by Crippen LogP contribution is 2.27. The standard InChI is InChI=1S/C12H12ClF2NO2/c13-8-1-2-10(14)9(5-8)11(18)16-4-3-12(15,6-16)7-17/h1-2,5,17H,3-4,6-7H2. The van der Waals surface area contributed by atoms with Crippen molar-refractivity contribution in [1.29, 1.82) is 0 Å². The minimum atomic E-state index is -1.79. The van der Waals surface area contributed by atoms with E-state index in [9.17, 15) is 13.6 Å². The van der Waals surface area contributed by atoms with E-state index in [2.05, 4.69) is 0 Å². The fraction of sp³-hybridized carbons (Fsp3) is 0.417. The number of hydrogen-bond acceptors (Lipinski definition) is 2. The van der Waals surface area contributed by atoms with Crippen LogP contribution in [0.15, 0.2) is 18.2 Å². The molecule has 1 aliphatic rings. The maximum atomic E-state index is 13.8. The van der Waals surface area contributed by atoms with Crippen LogP contribution in [0.5, 0.6) is 0 Å². The number of benzene rings is 1. The third kappa shape index (κ3) is 2.47. The lowest BCUT2D eigenvalue weighted by Crippen LogP contribution is -2.35. The summed E-state index contributed by atoms with van der Waals surface area (Å²) in [6, 6.07) is 3.65. The van der Waals surface area contributed by atoms with Crippen LogP contribution >= 0.6 is 11.6 Å². The molecule has 2 rings (SSSR count). The Morgan fingerprint density at radius 3 is 2.89 bits per heavy atom. The summed E-state index contributed by atoms with van der Waals surface area (Å²) in [7, 11) is 0. The minimum absolute atomic E-state index is 0.0530. The molecule has 98 valence electrons. The second-order valence-corrected chi connectivity index (χ2v) is 4.85. The van der Waals surface area contributed by atoms with Crippen LogP contribution in [0.25, 0.3) is 0 Å². The van der Waals surface area contributed by atoms with E-state index in [1.807, 2.05) is 0 Å². The van der Waals surface area contributed by atoms with Gasteiger partial charge < -0.3 is 10.0 Å². The maximum Gasteiger partial charge on any atom is 0.256 e. The molecule has 1 aromatic carbocycles. The number of aliphatic hydroxyl groups excluding tert-OH is 1. The van der Waals surface area contributed by atoms with Crippen molar-refractivity contribution in [2.24, 2.45) is 0 Å². The molecular weight excluding hydrogens is 264 g/mol. The normalized spacial score (nSPS) is 23.4. The number of halogens is 3. The van der Waals surface area contributed by atoms with Crippen molar-refractivity contribution in [3.63, 3.8) is 0 Å². The molecule has 6 heteroatoms. The van der Waals surface area contributed by atoms with Crippen LogP contribution in [0.3, 0.4) is 0 Å². The molecule has 0 aromatic heterocycles. The average Bonchev–Trinajstić information content (AvgIpc) is 2.75. The van der Waals surface area contributed by atoms with Gasteiger partial charge in [0.05, 0.1) is 18.7 Å². The largest absolute Gasteiger partial charge is 0.393 e. The smallest absolute Gasteiger partial charge is 0.256 e. The number of rotatable bonds is 2. The lowest BCUT2D eigenvalue weighted by Gasteiger charge is -2.19. The molecule has 1 aromatic rings. The van der Waals surface area contributed by atoms with Gasteiger partial charge in [-0.05, 0) is 18.2 Å². The predicted octanol–water partition coefficient (Wildman–Crippen LogP) is 2.03.